The molecule has 0 N–H and O–H groups in total. The molecule has 0 unspecified atom stereocenters. The van der Waals surface area contributed by atoms with E-state index in [9.17, 15) is 10.1 Å². The first-order valence-corrected chi connectivity index (χ1v) is 6.89. The second kappa shape index (κ2) is 5.58. The molecule has 2 heterocycles. The Kier molecular flexibility index (Phi) is 3.63. The van der Waals surface area contributed by atoms with Gasteiger partial charge in [0.25, 0.3) is 0 Å². The second-order valence-corrected chi connectivity index (χ2v) is 5.21. The maximum absolute atomic E-state index is 11.1. The van der Waals surface area contributed by atoms with E-state index in [1.807, 2.05) is 24.3 Å². The number of para-hydroxylation sites is 1. The Labute approximate surface area is 127 Å². The number of nitro groups is 1. The number of nitrogens with zero attached hydrogens (tertiary/aromatic N) is 5. The summed E-state index contributed by atoms with van der Waals surface area (Å²) >= 11 is 6.83. The van der Waals surface area contributed by atoms with Gasteiger partial charge in [-0.2, -0.15) is 0 Å². The van der Waals surface area contributed by atoms with Crippen LogP contribution in [0.4, 0.5) is 5.69 Å². The van der Waals surface area contributed by atoms with Crippen LogP contribution in [0.15, 0.2) is 47.0 Å². The predicted molar refractivity (Wildman–Crippen MR) is 77.4 cm³/mol. The summed E-state index contributed by atoms with van der Waals surface area (Å²) in [6.07, 6.45) is 2.58. The second-order valence-electron chi connectivity index (χ2n) is 3.87. The maximum Gasteiger partial charge on any atom is 0.338 e. The number of hydrogen-bond donors (Lipinski definition) is 0. The first kappa shape index (κ1) is 13.7. The van der Waals surface area contributed by atoms with Gasteiger partial charge in [-0.3, -0.25) is 10.1 Å². The molecular weight excluding hydrogens is 314 g/mol. The lowest BCUT2D eigenvalue weighted by molar-refractivity contribution is -0.388. The highest BCUT2D eigenvalue weighted by atomic mass is 35.5. The molecule has 0 aliphatic carbocycles. The lowest BCUT2D eigenvalue weighted by Gasteiger charge is -2.04. The van der Waals surface area contributed by atoms with Gasteiger partial charge in [0, 0.05) is 5.39 Å². The van der Waals surface area contributed by atoms with Crippen LogP contribution in [0.1, 0.15) is 0 Å². The molecule has 0 spiro atoms. The van der Waals surface area contributed by atoms with E-state index in [1.54, 1.807) is 0 Å². The summed E-state index contributed by atoms with van der Waals surface area (Å²) in [7, 11) is 0. The molecular formula is C12H6ClN5O2S. The van der Waals surface area contributed by atoms with Crippen LogP contribution in [0.3, 0.4) is 0 Å². The van der Waals surface area contributed by atoms with Crippen molar-refractivity contribution in [1.29, 1.82) is 0 Å². The van der Waals surface area contributed by atoms with Gasteiger partial charge in [-0.1, -0.05) is 29.8 Å². The minimum absolute atomic E-state index is 0.142. The molecule has 2 aromatic heterocycles. The standard InChI is InChI=1S/C12H6ClN5O2S/c13-10-9(18(19)20)12(17-6-15-10)21-11-7-3-1-2-4-8(7)14-5-16-11/h1-6H. The Morgan fingerprint density at radius 1 is 1.05 bits per heavy atom. The fourth-order valence-electron chi connectivity index (χ4n) is 1.72. The molecule has 1 aromatic carbocycles. The molecule has 0 fully saturated rings. The van der Waals surface area contributed by atoms with Crippen molar-refractivity contribution in [1.82, 2.24) is 19.9 Å². The van der Waals surface area contributed by atoms with E-state index in [0.29, 0.717) is 5.03 Å². The first-order valence-electron chi connectivity index (χ1n) is 5.69. The van der Waals surface area contributed by atoms with Gasteiger partial charge in [-0.15, -0.1) is 0 Å². The summed E-state index contributed by atoms with van der Waals surface area (Å²) in [5.74, 6) is 0. The van der Waals surface area contributed by atoms with Gasteiger partial charge in [0.15, 0.2) is 5.03 Å². The van der Waals surface area contributed by atoms with Crippen LogP contribution in [0.2, 0.25) is 5.15 Å². The number of hydrogen-bond acceptors (Lipinski definition) is 7. The molecule has 0 radical (unpaired) electrons. The number of halogens is 1. The molecule has 0 saturated heterocycles. The summed E-state index contributed by atoms with van der Waals surface area (Å²) in [5, 5.41) is 12.4. The molecule has 0 saturated carbocycles. The van der Waals surface area contributed by atoms with E-state index in [0.717, 1.165) is 22.7 Å². The van der Waals surface area contributed by atoms with E-state index in [1.165, 1.54) is 12.7 Å². The van der Waals surface area contributed by atoms with E-state index in [-0.39, 0.29) is 15.9 Å². The van der Waals surface area contributed by atoms with E-state index < -0.39 is 4.92 Å². The van der Waals surface area contributed by atoms with Gasteiger partial charge >= 0.3 is 5.69 Å². The Hall–Kier alpha value is -2.32. The Morgan fingerprint density at radius 3 is 2.57 bits per heavy atom. The minimum Gasteiger partial charge on any atom is -0.258 e. The molecule has 0 atom stereocenters. The zero-order valence-electron chi connectivity index (χ0n) is 10.3. The monoisotopic (exact) mass is 319 g/mol. The third-order valence-corrected chi connectivity index (χ3v) is 3.91. The van der Waals surface area contributed by atoms with Crippen LogP contribution in [0.5, 0.6) is 0 Å². The van der Waals surface area contributed by atoms with Crippen LogP contribution in [-0.2, 0) is 0 Å². The molecule has 3 aromatic rings. The summed E-state index contributed by atoms with van der Waals surface area (Å²) < 4.78 is 0. The quantitative estimate of drug-likeness (QED) is 0.415. The van der Waals surface area contributed by atoms with Gasteiger partial charge < -0.3 is 0 Å². The van der Waals surface area contributed by atoms with E-state index >= 15 is 0 Å². The van der Waals surface area contributed by atoms with Crippen molar-refractivity contribution in [2.24, 2.45) is 0 Å². The van der Waals surface area contributed by atoms with Crippen molar-refractivity contribution in [3.05, 3.63) is 52.2 Å². The fourth-order valence-corrected chi connectivity index (χ4v) is 2.92. The molecule has 7 nitrogen and oxygen atoms in total. The highest BCUT2D eigenvalue weighted by Gasteiger charge is 2.23. The van der Waals surface area contributed by atoms with Crippen molar-refractivity contribution >= 4 is 40.0 Å². The lowest BCUT2D eigenvalue weighted by atomic mass is 10.2. The summed E-state index contributed by atoms with van der Waals surface area (Å²) in [6, 6.07) is 7.37. The van der Waals surface area contributed by atoms with Crippen molar-refractivity contribution < 1.29 is 4.92 Å². The molecule has 9 heteroatoms. The van der Waals surface area contributed by atoms with E-state index in [2.05, 4.69) is 19.9 Å². The maximum atomic E-state index is 11.1. The highest BCUT2D eigenvalue weighted by molar-refractivity contribution is 7.99. The molecule has 0 bridgehead atoms. The molecule has 104 valence electrons. The van der Waals surface area contributed by atoms with Gasteiger partial charge in [0.05, 0.1) is 10.4 Å². The fraction of sp³-hybridized carbons (Fsp3) is 0. The smallest absolute Gasteiger partial charge is 0.258 e. The predicted octanol–water partition coefficient (Wildman–Crippen LogP) is 3.13. The zero-order chi connectivity index (χ0) is 14.8. The SMILES string of the molecule is O=[N+]([O-])c1c(Cl)ncnc1Sc1ncnc2ccccc12. The molecule has 21 heavy (non-hydrogen) atoms. The summed E-state index contributed by atoms with van der Waals surface area (Å²) in [6.45, 7) is 0. The lowest BCUT2D eigenvalue weighted by Crippen LogP contribution is -1.97. The van der Waals surface area contributed by atoms with E-state index in [4.69, 9.17) is 11.6 Å². The normalized spacial score (nSPS) is 10.7. The molecule has 0 aliphatic heterocycles. The van der Waals surface area contributed by atoms with Gasteiger partial charge in [0.1, 0.15) is 17.7 Å². The highest BCUT2D eigenvalue weighted by Crippen LogP contribution is 2.37. The number of benzene rings is 1. The van der Waals surface area contributed by atoms with Gasteiger partial charge in [0.2, 0.25) is 5.15 Å². The van der Waals surface area contributed by atoms with Crippen LogP contribution < -0.4 is 0 Å². The molecule has 3 rings (SSSR count). The van der Waals surface area contributed by atoms with Crippen molar-refractivity contribution in [3.63, 3.8) is 0 Å². The Bertz CT molecular complexity index is 839. The Balaban J connectivity index is 2.12. The van der Waals surface area contributed by atoms with Crippen molar-refractivity contribution in [2.45, 2.75) is 10.1 Å². The third-order valence-electron chi connectivity index (χ3n) is 2.63. The number of fused-ring (bicyclic) bond motifs is 1. The Morgan fingerprint density at radius 2 is 1.76 bits per heavy atom. The van der Waals surface area contributed by atoms with Crippen LogP contribution in [-0.4, -0.2) is 24.9 Å². The van der Waals surface area contributed by atoms with Crippen molar-refractivity contribution in [3.8, 4) is 0 Å². The summed E-state index contributed by atoms with van der Waals surface area (Å²) in [5.41, 5.74) is 0.421. The number of rotatable bonds is 3. The average molecular weight is 320 g/mol. The van der Waals surface area contributed by atoms with Crippen LogP contribution >= 0.6 is 23.4 Å². The van der Waals surface area contributed by atoms with Crippen LogP contribution in [0, 0.1) is 10.1 Å². The van der Waals surface area contributed by atoms with Crippen LogP contribution in [0.25, 0.3) is 10.9 Å². The van der Waals surface area contributed by atoms with Gasteiger partial charge in [-0.25, -0.2) is 19.9 Å². The largest absolute Gasteiger partial charge is 0.338 e. The number of aromatic nitrogens is 4. The third kappa shape index (κ3) is 2.63. The molecule has 0 amide bonds. The average Bonchev–Trinajstić information content (AvgIpc) is 2.47. The first-order chi connectivity index (χ1) is 10.2. The topological polar surface area (TPSA) is 94.7 Å². The molecule has 0 aliphatic rings. The van der Waals surface area contributed by atoms with Gasteiger partial charge in [-0.05, 0) is 17.8 Å². The minimum atomic E-state index is -0.603. The summed E-state index contributed by atoms with van der Waals surface area (Å²) in [4.78, 5) is 26.3. The van der Waals surface area contributed by atoms with Crippen molar-refractivity contribution in [2.75, 3.05) is 0 Å². The zero-order valence-corrected chi connectivity index (χ0v) is 11.9.